The molecule has 2 aromatic heterocycles. The second-order valence-electron chi connectivity index (χ2n) is 7.05. The molecule has 138 valence electrons. The highest BCUT2D eigenvalue weighted by Gasteiger charge is 2.20. The number of aromatic amines is 1. The SMILES string of the molecule is CN(CCOc1ccccc1F)c1nc2c(cnn2C(C)(C)C)c(=O)[nH]1. The molecule has 0 spiro atoms. The summed E-state index contributed by atoms with van der Waals surface area (Å²) in [6, 6.07) is 6.24. The number of H-pyrrole nitrogens is 1. The Morgan fingerprint density at radius 2 is 2.04 bits per heavy atom. The van der Waals surface area contributed by atoms with Crippen LogP contribution in [-0.4, -0.2) is 39.9 Å². The molecule has 0 saturated carbocycles. The van der Waals surface area contributed by atoms with Gasteiger partial charge in [-0.2, -0.15) is 10.1 Å². The molecule has 0 fully saturated rings. The Bertz CT molecular complexity index is 974. The Morgan fingerprint density at radius 1 is 1.31 bits per heavy atom. The molecule has 3 aromatic rings. The number of likely N-dealkylation sites (N-methyl/N-ethyl adjacent to an activating group) is 1. The summed E-state index contributed by atoms with van der Waals surface area (Å²) < 4.78 is 20.8. The number of benzene rings is 1. The van der Waals surface area contributed by atoms with Crippen molar-refractivity contribution in [2.75, 3.05) is 25.1 Å². The van der Waals surface area contributed by atoms with Gasteiger partial charge in [-0.1, -0.05) is 12.1 Å². The van der Waals surface area contributed by atoms with Gasteiger partial charge >= 0.3 is 0 Å². The largest absolute Gasteiger partial charge is 0.489 e. The van der Waals surface area contributed by atoms with Crippen LogP contribution in [0.15, 0.2) is 35.3 Å². The molecule has 8 heteroatoms. The van der Waals surface area contributed by atoms with Crippen LogP contribution in [0.3, 0.4) is 0 Å². The van der Waals surface area contributed by atoms with Crippen LogP contribution in [0, 0.1) is 5.82 Å². The van der Waals surface area contributed by atoms with Gasteiger partial charge in [0.1, 0.15) is 12.0 Å². The van der Waals surface area contributed by atoms with Crippen LogP contribution in [-0.2, 0) is 5.54 Å². The average molecular weight is 359 g/mol. The molecule has 2 heterocycles. The van der Waals surface area contributed by atoms with E-state index in [1.165, 1.54) is 12.3 Å². The molecule has 0 atom stereocenters. The van der Waals surface area contributed by atoms with Gasteiger partial charge in [0.25, 0.3) is 5.56 Å². The number of ether oxygens (including phenoxy) is 1. The van der Waals surface area contributed by atoms with E-state index in [0.29, 0.717) is 23.5 Å². The van der Waals surface area contributed by atoms with Gasteiger partial charge < -0.3 is 9.64 Å². The van der Waals surface area contributed by atoms with Gasteiger partial charge in [-0.3, -0.25) is 9.78 Å². The van der Waals surface area contributed by atoms with Crippen molar-refractivity contribution in [3.8, 4) is 5.75 Å². The molecular weight excluding hydrogens is 337 g/mol. The van der Waals surface area contributed by atoms with Crippen LogP contribution in [0.25, 0.3) is 11.0 Å². The number of nitrogens with one attached hydrogen (secondary N) is 1. The van der Waals surface area contributed by atoms with Crippen molar-refractivity contribution in [2.24, 2.45) is 0 Å². The van der Waals surface area contributed by atoms with Gasteiger partial charge in [-0.05, 0) is 32.9 Å². The molecule has 1 N–H and O–H groups in total. The maximum atomic E-state index is 13.6. The van der Waals surface area contributed by atoms with Crippen molar-refractivity contribution in [3.05, 3.63) is 46.6 Å². The van der Waals surface area contributed by atoms with Crippen molar-refractivity contribution >= 4 is 17.0 Å². The number of hydrogen-bond donors (Lipinski definition) is 1. The fourth-order valence-electron chi connectivity index (χ4n) is 2.54. The lowest BCUT2D eigenvalue weighted by molar-refractivity contribution is 0.308. The average Bonchev–Trinajstić information content (AvgIpc) is 3.01. The topological polar surface area (TPSA) is 76.0 Å². The minimum absolute atomic E-state index is 0.198. The first kappa shape index (κ1) is 17.9. The predicted molar refractivity (Wildman–Crippen MR) is 98.3 cm³/mol. The molecule has 1 aromatic carbocycles. The minimum atomic E-state index is -0.405. The Morgan fingerprint density at radius 3 is 2.73 bits per heavy atom. The lowest BCUT2D eigenvalue weighted by atomic mass is 10.1. The molecule has 0 aliphatic rings. The standard InChI is InChI=1S/C18H22FN5O2/c1-18(2,3)24-15-12(11-20-24)16(25)22-17(21-15)23(4)9-10-26-14-8-6-5-7-13(14)19/h5-8,11H,9-10H2,1-4H3,(H,21,22,25). The Balaban J connectivity index is 1.79. The van der Waals surface area contributed by atoms with Gasteiger partial charge in [-0.25, -0.2) is 9.07 Å². The van der Waals surface area contributed by atoms with E-state index in [1.54, 1.807) is 34.8 Å². The molecule has 0 aliphatic heterocycles. The summed E-state index contributed by atoms with van der Waals surface area (Å²) in [7, 11) is 1.78. The third kappa shape index (κ3) is 3.54. The summed E-state index contributed by atoms with van der Waals surface area (Å²) in [6.07, 6.45) is 1.53. The molecule has 0 bridgehead atoms. The van der Waals surface area contributed by atoms with Gasteiger partial charge in [0.15, 0.2) is 17.2 Å². The summed E-state index contributed by atoms with van der Waals surface area (Å²) >= 11 is 0. The van der Waals surface area contributed by atoms with Crippen LogP contribution < -0.4 is 15.2 Å². The van der Waals surface area contributed by atoms with Gasteiger partial charge in [0.05, 0.1) is 18.3 Å². The molecule has 0 saturated heterocycles. The molecule has 26 heavy (non-hydrogen) atoms. The first-order valence-electron chi connectivity index (χ1n) is 8.34. The number of hydrogen-bond acceptors (Lipinski definition) is 5. The van der Waals surface area contributed by atoms with Gasteiger partial charge in [0, 0.05) is 7.05 Å². The molecule has 0 amide bonds. The first-order chi connectivity index (χ1) is 12.3. The lowest BCUT2D eigenvalue weighted by Gasteiger charge is -2.21. The highest BCUT2D eigenvalue weighted by atomic mass is 19.1. The highest BCUT2D eigenvalue weighted by Crippen LogP contribution is 2.19. The number of anilines is 1. The molecule has 0 aliphatic carbocycles. The fourth-order valence-corrected chi connectivity index (χ4v) is 2.54. The Kier molecular flexibility index (Phi) is 4.67. The number of halogens is 1. The number of para-hydroxylation sites is 1. The smallest absolute Gasteiger partial charge is 0.263 e. The summed E-state index contributed by atoms with van der Waals surface area (Å²) in [6.45, 7) is 6.65. The van der Waals surface area contributed by atoms with Crippen molar-refractivity contribution < 1.29 is 9.13 Å². The summed E-state index contributed by atoms with van der Waals surface area (Å²) in [5.74, 6) is 0.200. The maximum Gasteiger partial charge on any atom is 0.263 e. The number of fused-ring (bicyclic) bond motifs is 1. The predicted octanol–water partition coefficient (Wildman–Crippen LogP) is 2.53. The normalized spacial score (nSPS) is 11.7. The lowest BCUT2D eigenvalue weighted by Crippen LogP contribution is -2.29. The van der Waals surface area contributed by atoms with E-state index in [1.807, 2.05) is 20.8 Å². The van der Waals surface area contributed by atoms with Crippen molar-refractivity contribution in [1.82, 2.24) is 19.7 Å². The number of nitrogens with zero attached hydrogens (tertiary/aromatic N) is 4. The Labute approximate surface area is 150 Å². The van der Waals surface area contributed by atoms with E-state index in [9.17, 15) is 9.18 Å². The molecule has 0 radical (unpaired) electrons. The summed E-state index contributed by atoms with van der Waals surface area (Å²) in [4.78, 5) is 21.4. The second-order valence-corrected chi connectivity index (χ2v) is 7.05. The van der Waals surface area contributed by atoms with E-state index in [4.69, 9.17) is 4.74 Å². The maximum absolute atomic E-state index is 13.6. The van der Waals surface area contributed by atoms with Crippen molar-refractivity contribution in [2.45, 2.75) is 26.3 Å². The number of aromatic nitrogens is 4. The first-order valence-corrected chi connectivity index (χ1v) is 8.34. The van der Waals surface area contributed by atoms with Crippen LogP contribution in [0.1, 0.15) is 20.8 Å². The van der Waals surface area contributed by atoms with Crippen LogP contribution in [0.4, 0.5) is 10.3 Å². The van der Waals surface area contributed by atoms with E-state index < -0.39 is 5.82 Å². The van der Waals surface area contributed by atoms with Crippen molar-refractivity contribution in [1.29, 1.82) is 0 Å². The Hall–Kier alpha value is -2.90. The zero-order valence-corrected chi connectivity index (χ0v) is 15.3. The quantitative estimate of drug-likeness (QED) is 0.758. The van der Waals surface area contributed by atoms with E-state index in [0.717, 1.165) is 0 Å². The zero-order chi connectivity index (χ0) is 18.9. The van der Waals surface area contributed by atoms with Crippen LogP contribution in [0.5, 0.6) is 5.75 Å². The minimum Gasteiger partial charge on any atom is -0.489 e. The molecule has 0 unspecified atom stereocenters. The van der Waals surface area contributed by atoms with E-state index in [2.05, 4.69) is 15.1 Å². The van der Waals surface area contributed by atoms with Gasteiger partial charge in [-0.15, -0.1) is 0 Å². The second kappa shape index (κ2) is 6.78. The molecule has 7 nitrogen and oxygen atoms in total. The fraction of sp³-hybridized carbons (Fsp3) is 0.389. The van der Waals surface area contributed by atoms with Crippen LogP contribution >= 0.6 is 0 Å². The van der Waals surface area contributed by atoms with E-state index in [-0.39, 0.29) is 23.5 Å². The summed E-state index contributed by atoms with van der Waals surface area (Å²) in [5, 5.41) is 4.73. The van der Waals surface area contributed by atoms with E-state index >= 15 is 0 Å². The zero-order valence-electron chi connectivity index (χ0n) is 15.3. The van der Waals surface area contributed by atoms with Crippen LogP contribution in [0.2, 0.25) is 0 Å². The molecule has 3 rings (SSSR count). The van der Waals surface area contributed by atoms with Gasteiger partial charge in [0.2, 0.25) is 5.95 Å². The third-order valence-electron chi connectivity index (χ3n) is 3.94. The third-order valence-corrected chi connectivity index (χ3v) is 3.94. The van der Waals surface area contributed by atoms with Crippen molar-refractivity contribution in [3.63, 3.8) is 0 Å². The summed E-state index contributed by atoms with van der Waals surface area (Å²) in [5.41, 5.74) is -0.0210. The highest BCUT2D eigenvalue weighted by molar-refractivity contribution is 5.74. The number of rotatable bonds is 5. The molecular formula is C18H22FN5O2. The monoisotopic (exact) mass is 359 g/mol.